The van der Waals surface area contributed by atoms with Crippen molar-refractivity contribution >= 4 is 7.85 Å². The molecule has 3 heteroatoms. The van der Waals surface area contributed by atoms with E-state index in [1.807, 2.05) is 19.9 Å². The van der Waals surface area contributed by atoms with Crippen LogP contribution in [0.1, 0.15) is 20.3 Å². The van der Waals surface area contributed by atoms with Gasteiger partial charge in [0.15, 0.2) is 0 Å². The fraction of sp³-hybridized carbons (Fsp3) is 0.778. The summed E-state index contributed by atoms with van der Waals surface area (Å²) in [7, 11) is 2.06. The fourth-order valence-corrected chi connectivity index (χ4v) is 1.14. The summed E-state index contributed by atoms with van der Waals surface area (Å²) < 4.78 is 0. The van der Waals surface area contributed by atoms with E-state index in [1.54, 1.807) is 0 Å². The van der Waals surface area contributed by atoms with Gasteiger partial charge in [-0.05, 0) is 19.2 Å². The van der Waals surface area contributed by atoms with Crippen LogP contribution in [0.5, 0.6) is 0 Å². The Balaban J connectivity index is 3.74. The van der Waals surface area contributed by atoms with Crippen molar-refractivity contribution in [3.8, 4) is 0 Å². The van der Waals surface area contributed by atoms with Crippen LogP contribution in [-0.4, -0.2) is 30.8 Å². The predicted octanol–water partition coefficient (Wildman–Crippen LogP) is 0.363. The van der Waals surface area contributed by atoms with Gasteiger partial charge in [0.1, 0.15) is 7.85 Å². The second-order valence-electron chi connectivity index (χ2n) is 3.47. The van der Waals surface area contributed by atoms with Gasteiger partial charge in [0.25, 0.3) is 0 Å². The van der Waals surface area contributed by atoms with E-state index in [0.717, 1.165) is 6.42 Å². The topological polar surface area (TPSA) is 40.5 Å². The third-order valence-electron chi connectivity index (χ3n) is 2.08. The zero-order valence-corrected chi connectivity index (χ0v) is 8.20. The van der Waals surface area contributed by atoms with Crippen LogP contribution in [0.25, 0.3) is 0 Å². The Morgan fingerprint density at radius 1 is 1.50 bits per heavy atom. The highest BCUT2D eigenvalue weighted by atomic mass is 16.3. The van der Waals surface area contributed by atoms with E-state index >= 15 is 0 Å². The third-order valence-corrected chi connectivity index (χ3v) is 2.08. The molecule has 0 bridgehead atoms. The van der Waals surface area contributed by atoms with E-state index in [1.165, 1.54) is 0 Å². The number of allylic oxidation sites excluding steroid dienone is 2. The van der Waals surface area contributed by atoms with Gasteiger partial charge in [-0.1, -0.05) is 19.1 Å². The molecule has 2 unspecified atom stereocenters. The Bertz CT molecular complexity index is 136. The van der Waals surface area contributed by atoms with Gasteiger partial charge in [-0.2, -0.15) is 0 Å². The molecule has 0 rings (SSSR count). The minimum atomic E-state index is -0.388. The van der Waals surface area contributed by atoms with Crippen molar-refractivity contribution in [2.24, 2.45) is 5.92 Å². The Morgan fingerprint density at radius 3 is 2.50 bits per heavy atom. The lowest BCUT2D eigenvalue weighted by Gasteiger charge is -2.18. The van der Waals surface area contributed by atoms with E-state index in [0.29, 0.717) is 5.82 Å². The summed E-state index contributed by atoms with van der Waals surface area (Å²) in [6, 6.07) is 0. The largest absolute Gasteiger partial charge is 0.396 e. The molecule has 0 aliphatic rings. The molecule has 0 saturated carbocycles. The van der Waals surface area contributed by atoms with Crippen molar-refractivity contribution in [1.82, 2.24) is 0 Å². The van der Waals surface area contributed by atoms with Crippen molar-refractivity contribution < 1.29 is 10.2 Å². The van der Waals surface area contributed by atoms with Crippen LogP contribution in [-0.2, 0) is 0 Å². The lowest BCUT2D eigenvalue weighted by molar-refractivity contribution is 0.0716. The van der Waals surface area contributed by atoms with Crippen LogP contribution in [0, 0.1) is 5.92 Å². The molecule has 0 aromatic heterocycles. The van der Waals surface area contributed by atoms with E-state index in [-0.39, 0.29) is 18.6 Å². The molecule has 12 heavy (non-hydrogen) atoms. The molecule has 0 aromatic carbocycles. The second kappa shape index (κ2) is 6.26. The number of rotatable bonds is 5. The van der Waals surface area contributed by atoms with Crippen LogP contribution in [0.3, 0.4) is 0 Å². The van der Waals surface area contributed by atoms with Crippen LogP contribution in [0.15, 0.2) is 12.2 Å². The lowest BCUT2D eigenvalue weighted by atomic mass is 9.80. The van der Waals surface area contributed by atoms with E-state index in [9.17, 15) is 5.11 Å². The zero-order chi connectivity index (χ0) is 9.56. The fourth-order valence-electron chi connectivity index (χ4n) is 1.14. The summed E-state index contributed by atoms with van der Waals surface area (Å²) in [4.78, 5) is 0. The average molecular weight is 170 g/mol. The van der Waals surface area contributed by atoms with Gasteiger partial charge in [-0.3, -0.25) is 0 Å². The summed E-state index contributed by atoms with van der Waals surface area (Å²) in [6.45, 7) is 3.88. The average Bonchev–Trinajstić information content (AvgIpc) is 2.03. The van der Waals surface area contributed by atoms with Crippen LogP contribution >= 0.6 is 0 Å². The highest BCUT2D eigenvalue weighted by molar-refractivity contribution is 6.12. The molecule has 0 aliphatic heterocycles. The van der Waals surface area contributed by atoms with Crippen LogP contribution < -0.4 is 0 Å². The number of hydrogen-bond donors (Lipinski definition) is 2. The van der Waals surface area contributed by atoms with Gasteiger partial charge in [-0.25, -0.2) is 0 Å². The molecule has 0 spiro atoms. The van der Waals surface area contributed by atoms with Crippen molar-refractivity contribution in [2.75, 3.05) is 6.61 Å². The first kappa shape index (κ1) is 11.7. The maximum absolute atomic E-state index is 9.52. The standard InChI is InChI=1S/C9H19BO2/c1-3-4-8(10)5-9(12)7(2)6-11/h3-4,7-9,11-12H,5-6,10H2,1-2H3/b4-3-/t7?,8-,9?/m0/s1. The zero-order valence-electron chi connectivity index (χ0n) is 8.20. The maximum atomic E-state index is 9.52. The molecule has 0 heterocycles. The summed E-state index contributed by atoms with van der Waals surface area (Å²) in [6.07, 6.45) is 4.39. The Kier molecular flexibility index (Phi) is 6.12. The highest BCUT2D eigenvalue weighted by Gasteiger charge is 2.14. The quantitative estimate of drug-likeness (QED) is 0.462. The molecule has 70 valence electrons. The normalized spacial score (nSPS) is 19.3. The summed E-state index contributed by atoms with van der Waals surface area (Å²) in [5, 5.41) is 18.3. The van der Waals surface area contributed by atoms with Crippen LogP contribution in [0.2, 0.25) is 5.82 Å². The molecule has 3 atom stereocenters. The molecule has 0 fully saturated rings. The Hall–Kier alpha value is -0.275. The lowest BCUT2D eigenvalue weighted by Crippen LogP contribution is -2.22. The van der Waals surface area contributed by atoms with Gasteiger partial charge in [0, 0.05) is 12.5 Å². The van der Waals surface area contributed by atoms with Gasteiger partial charge in [-0.15, -0.1) is 0 Å². The molecule has 0 saturated heterocycles. The van der Waals surface area contributed by atoms with Crippen molar-refractivity contribution in [2.45, 2.75) is 32.2 Å². The summed E-state index contributed by atoms with van der Waals surface area (Å²) >= 11 is 0. The van der Waals surface area contributed by atoms with Crippen molar-refractivity contribution in [3.63, 3.8) is 0 Å². The van der Waals surface area contributed by atoms with Gasteiger partial charge < -0.3 is 10.2 Å². The van der Waals surface area contributed by atoms with Gasteiger partial charge in [0.2, 0.25) is 0 Å². The first-order valence-electron chi connectivity index (χ1n) is 4.53. The first-order valence-corrected chi connectivity index (χ1v) is 4.53. The number of hydrogen-bond acceptors (Lipinski definition) is 2. The highest BCUT2D eigenvalue weighted by Crippen LogP contribution is 2.16. The smallest absolute Gasteiger partial charge is 0.110 e. The van der Waals surface area contributed by atoms with E-state index in [4.69, 9.17) is 5.11 Å². The summed E-state index contributed by atoms with van der Waals surface area (Å²) in [5.41, 5.74) is 0. The van der Waals surface area contributed by atoms with Crippen molar-refractivity contribution in [1.29, 1.82) is 0 Å². The molecule has 2 nitrogen and oxygen atoms in total. The molecule has 0 aliphatic carbocycles. The Labute approximate surface area is 75.7 Å². The first-order chi connectivity index (χ1) is 5.61. The molecule has 0 aromatic rings. The summed E-state index contributed by atoms with van der Waals surface area (Å²) in [5.74, 6) is 0.372. The SMILES string of the molecule is B[C@@H](/C=C\C)CC(O)C(C)CO. The Morgan fingerprint density at radius 2 is 2.08 bits per heavy atom. The third kappa shape index (κ3) is 4.57. The monoisotopic (exact) mass is 170 g/mol. The molecule has 0 amide bonds. The van der Waals surface area contributed by atoms with Gasteiger partial charge >= 0.3 is 0 Å². The minimum absolute atomic E-state index is 0.0160. The number of aliphatic hydroxyl groups excluding tert-OH is 2. The molecule has 0 radical (unpaired) electrons. The van der Waals surface area contributed by atoms with Gasteiger partial charge in [0.05, 0.1) is 6.10 Å². The maximum Gasteiger partial charge on any atom is 0.110 e. The van der Waals surface area contributed by atoms with Crippen molar-refractivity contribution in [3.05, 3.63) is 12.2 Å². The number of aliphatic hydroxyl groups is 2. The molecular weight excluding hydrogens is 151 g/mol. The predicted molar refractivity (Wildman–Crippen MR) is 54.0 cm³/mol. The van der Waals surface area contributed by atoms with E-state index in [2.05, 4.69) is 13.9 Å². The van der Waals surface area contributed by atoms with E-state index < -0.39 is 0 Å². The second-order valence-corrected chi connectivity index (χ2v) is 3.47. The molecule has 2 N–H and O–H groups in total. The molecular formula is C9H19BO2. The van der Waals surface area contributed by atoms with Crippen LogP contribution in [0.4, 0.5) is 0 Å². The minimum Gasteiger partial charge on any atom is -0.396 e.